The number of hydrogen-bond acceptors (Lipinski definition) is 6. The zero-order valence-corrected chi connectivity index (χ0v) is 15.9. The van der Waals surface area contributed by atoms with E-state index >= 15 is 0 Å². The Balaban J connectivity index is 1.37. The fourth-order valence-corrected chi connectivity index (χ4v) is 3.58. The predicted octanol–water partition coefficient (Wildman–Crippen LogP) is 3.01. The molecule has 0 amide bonds. The van der Waals surface area contributed by atoms with Crippen LogP contribution in [-0.4, -0.2) is 51.8 Å². The van der Waals surface area contributed by atoms with Crippen molar-refractivity contribution in [2.24, 2.45) is 15.3 Å². The normalized spacial score (nSPS) is 20.8. The van der Waals surface area contributed by atoms with Gasteiger partial charge in [-0.1, -0.05) is 12.1 Å². The molecule has 26 heavy (non-hydrogen) atoms. The number of rotatable bonds is 7. The highest BCUT2D eigenvalue weighted by Gasteiger charge is 2.20. The van der Waals surface area contributed by atoms with Crippen molar-refractivity contribution in [3.63, 3.8) is 0 Å². The molecule has 0 aromatic heterocycles. The molecular formula is C19H25N3O3S. The minimum Gasteiger partial charge on any atom is -0.492 e. The third-order valence-corrected chi connectivity index (χ3v) is 5.23. The molecule has 0 bridgehead atoms. The van der Waals surface area contributed by atoms with Crippen LogP contribution in [0.4, 0.5) is 5.69 Å². The lowest BCUT2D eigenvalue weighted by atomic mass is 9.97. The third-order valence-electron chi connectivity index (χ3n) is 4.87. The van der Waals surface area contributed by atoms with Gasteiger partial charge in [0, 0.05) is 6.54 Å². The van der Waals surface area contributed by atoms with E-state index in [-0.39, 0.29) is 6.04 Å². The molecule has 0 aliphatic carbocycles. The average molecular weight is 375 g/mol. The molecule has 2 aliphatic heterocycles. The Kier molecular flexibility index (Phi) is 6.57. The molecule has 2 aliphatic rings. The van der Waals surface area contributed by atoms with E-state index in [9.17, 15) is 8.42 Å². The highest BCUT2D eigenvalue weighted by molar-refractivity contribution is 7.61. The quantitative estimate of drug-likeness (QED) is 0.734. The van der Waals surface area contributed by atoms with Crippen molar-refractivity contribution in [1.82, 2.24) is 4.90 Å². The molecule has 3 rings (SSSR count). The summed E-state index contributed by atoms with van der Waals surface area (Å²) >= 11 is 0. The van der Waals surface area contributed by atoms with Gasteiger partial charge in [0.1, 0.15) is 5.76 Å². The maximum Gasteiger partial charge on any atom is 0.316 e. The van der Waals surface area contributed by atoms with Crippen molar-refractivity contribution in [1.29, 1.82) is 0 Å². The van der Waals surface area contributed by atoms with Gasteiger partial charge in [-0.3, -0.25) is 4.99 Å². The number of ether oxygens (including phenoxy) is 1. The number of likely N-dealkylation sites (tertiary alicyclic amines) is 1. The van der Waals surface area contributed by atoms with E-state index < -0.39 is 10.5 Å². The van der Waals surface area contributed by atoms with E-state index in [4.69, 9.17) is 4.74 Å². The number of benzene rings is 1. The van der Waals surface area contributed by atoms with Crippen molar-refractivity contribution in [2.45, 2.75) is 32.2 Å². The second-order valence-electron chi connectivity index (χ2n) is 6.91. The van der Waals surface area contributed by atoms with Gasteiger partial charge in [0.05, 0.1) is 24.6 Å². The maximum atomic E-state index is 10.6. The summed E-state index contributed by atoms with van der Waals surface area (Å²) < 4.78 is 30.5. The number of piperidine rings is 1. The van der Waals surface area contributed by atoms with Crippen LogP contribution >= 0.6 is 0 Å². The average Bonchev–Trinajstić information content (AvgIpc) is 3.05. The number of nitrogens with zero attached hydrogens (tertiary/aromatic N) is 3. The monoisotopic (exact) mass is 375 g/mol. The Morgan fingerprint density at radius 3 is 2.58 bits per heavy atom. The van der Waals surface area contributed by atoms with Gasteiger partial charge in [0.2, 0.25) is 0 Å². The summed E-state index contributed by atoms with van der Waals surface area (Å²) in [6.07, 6.45) is 7.17. The van der Waals surface area contributed by atoms with Gasteiger partial charge >= 0.3 is 10.5 Å². The zero-order valence-electron chi connectivity index (χ0n) is 15.0. The molecule has 140 valence electrons. The highest BCUT2D eigenvalue weighted by atomic mass is 32.2. The van der Waals surface area contributed by atoms with Crippen LogP contribution in [-0.2, 0) is 21.7 Å². The predicted molar refractivity (Wildman–Crippen MR) is 102 cm³/mol. The Labute approximate surface area is 156 Å². The molecule has 0 radical (unpaired) electrons. The van der Waals surface area contributed by atoms with Crippen LogP contribution in [0.15, 0.2) is 45.5 Å². The molecule has 2 heterocycles. The fraction of sp³-hybridized carbons (Fsp3) is 0.526. The van der Waals surface area contributed by atoms with E-state index in [1.54, 1.807) is 12.1 Å². The SMILES string of the molecule is CC1C=C(OCC2CCN(CCc3ccc(N=S(=O)=O)cc3)CC2)C=N1. The summed E-state index contributed by atoms with van der Waals surface area (Å²) in [6, 6.07) is 7.64. The van der Waals surface area contributed by atoms with Gasteiger partial charge in [-0.2, -0.15) is 8.42 Å². The van der Waals surface area contributed by atoms with Gasteiger partial charge in [-0.25, -0.2) is 0 Å². The van der Waals surface area contributed by atoms with Crippen LogP contribution in [0.2, 0.25) is 0 Å². The molecule has 1 aromatic carbocycles. The standard InChI is InChI=1S/C19H25N3O3S/c1-15-12-19(13-20-15)25-14-17-7-10-22(11-8-17)9-6-16-2-4-18(5-3-16)21-26(23)24/h2-5,12-13,15,17H,6-11,14H2,1H3. The number of hydrogen-bond donors (Lipinski definition) is 0. The molecule has 6 nitrogen and oxygen atoms in total. The molecule has 1 fully saturated rings. The van der Waals surface area contributed by atoms with Crippen LogP contribution in [0.5, 0.6) is 0 Å². The van der Waals surface area contributed by atoms with Crippen molar-refractivity contribution in [3.05, 3.63) is 41.7 Å². The largest absolute Gasteiger partial charge is 0.492 e. The molecule has 1 atom stereocenters. The molecule has 0 saturated carbocycles. The summed E-state index contributed by atoms with van der Waals surface area (Å²) in [7, 11) is -2.39. The molecule has 1 aromatic rings. The first-order valence-corrected chi connectivity index (χ1v) is 10.1. The first-order valence-electron chi connectivity index (χ1n) is 9.09. The van der Waals surface area contributed by atoms with Gasteiger partial charge in [0.25, 0.3) is 0 Å². The summed E-state index contributed by atoms with van der Waals surface area (Å²) in [5.74, 6) is 1.53. The molecule has 0 N–H and O–H groups in total. The van der Waals surface area contributed by atoms with E-state index in [0.29, 0.717) is 11.6 Å². The van der Waals surface area contributed by atoms with Crippen LogP contribution in [0.3, 0.4) is 0 Å². The van der Waals surface area contributed by atoms with Crippen LogP contribution in [0, 0.1) is 5.92 Å². The smallest absolute Gasteiger partial charge is 0.316 e. The number of aliphatic imine (C=N–C) groups is 1. The number of allylic oxidation sites excluding steroid dienone is 1. The van der Waals surface area contributed by atoms with Gasteiger partial charge < -0.3 is 9.64 Å². The third kappa shape index (κ3) is 5.78. The van der Waals surface area contributed by atoms with Crippen LogP contribution in [0.1, 0.15) is 25.3 Å². The maximum absolute atomic E-state index is 10.6. The van der Waals surface area contributed by atoms with Gasteiger partial charge in [-0.15, -0.1) is 4.36 Å². The van der Waals surface area contributed by atoms with Crippen molar-refractivity contribution < 1.29 is 13.2 Å². The second-order valence-corrected chi connectivity index (χ2v) is 7.53. The summed E-state index contributed by atoms with van der Waals surface area (Å²) in [4.78, 5) is 6.76. The summed E-state index contributed by atoms with van der Waals surface area (Å²) in [5.41, 5.74) is 1.67. The van der Waals surface area contributed by atoms with Crippen molar-refractivity contribution in [2.75, 3.05) is 26.2 Å². The fourth-order valence-electron chi connectivity index (χ4n) is 3.29. The topological polar surface area (TPSA) is 71.3 Å². The van der Waals surface area contributed by atoms with E-state index in [2.05, 4.69) is 27.3 Å². The minimum absolute atomic E-state index is 0.247. The van der Waals surface area contributed by atoms with Crippen LogP contribution in [0.25, 0.3) is 0 Å². The van der Waals surface area contributed by atoms with Crippen molar-refractivity contribution >= 4 is 22.4 Å². The Morgan fingerprint density at radius 2 is 1.96 bits per heavy atom. The van der Waals surface area contributed by atoms with Crippen molar-refractivity contribution in [3.8, 4) is 0 Å². The molecular weight excluding hydrogens is 350 g/mol. The summed E-state index contributed by atoms with van der Waals surface area (Å²) in [6.45, 7) is 6.05. The van der Waals surface area contributed by atoms with E-state index in [1.165, 1.54) is 5.56 Å². The molecule has 1 unspecified atom stereocenters. The van der Waals surface area contributed by atoms with E-state index in [1.807, 2.05) is 18.3 Å². The summed E-state index contributed by atoms with van der Waals surface area (Å²) in [5, 5.41) is 0. The van der Waals surface area contributed by atoms with Gasteiger partial charge in [-0.05, 0) is 69.0 Å². The first-order chi connectivity index (χ1) is 12.6. The zero-order chi connectivity index (χ0) is 18.4. The molecule has 7 heteroatoms. The second kappa shape index (κ2) is 9.09. The van der Waals surface area contributed by atoms with Gasteiger partial charge in [0.15, 0.2) is 0 Å². The highest BCUT2D eigenvalue weighted by Crippen LogP contribution is 2.20. The lowest BCUT2D eigenvalue weighted by Gasteiger charge is -2.31. The lowest BCUT2D eigenvalue weighted by Crippen LogP contribution is -2.36. The Morgan fingerprint density at radius 1 is 1.23 bits per heavy atom. The van der Waals surface area contributed by atoms with Crippen LogP contribution < -0.4 is 0 Å². The minimum atomic E-state index is -2.39. The lowest BCUT2D eigenvalue weighted by molar-refractivity contribution is 0.115. The van der Waals surface area contributed by atoms with E-state index in [0.717, 1.165) is 51.3 Å². The molecule has 0 spiro atoms. The molecule has 1 saturated heterocycles. The Bertz CT molecular complexity index is 784. The Hall–Kier alpha value is -1.99. The first kappa shape index (κ1) is 18.8.